The first kappa shape index (κ1) is 13.9. The molecule has 0 saturated carbocycles. The second kappa shape index (κ2) is 6.12. The van der Waals surface area contributed by atoms with Crippen molar-refractivity contribution < 1.29 is 0 Å². The van der Waals surface area contributed by atoms with Crippen molar-refractivity contribution in [2.45, 2.75) is 13.5 Å². The van der Waals surface area contributed by atoms with E-state index in [0.29, 0.717) is 0 Å². The second-order valence-electron chi connectivity index (χ2n) is 4.65. The molecule has 3 rings (SSSR count). The van der Waals surface area contributed by atoms with Crippen molar-refractivity contribution in [3.05, 3.63) is 62.1 Å². The zero-order valence-electron chi connectivity index (χ0n) is 11.0. The number of thiophene rings is 2. The van der Waals surface area contributed by atoms with Gasteiger partial charge in [0.05, 0.1) is 0 Å². The highest BCUT2D eigenvalue weighted by Gasteiger charge is 2.04. The average Bonchev–Trinajstić information content (AvgIpc) is 3.06. The summed E-state index contributed by atoms with van der Waals surface area (Å²) in [5, 5.41) is 7.84. The molecular weight excluding hydrogens is 350 g/mol. The summed E-state index contributed by atoms with van der Waals surface area (Å²) < 4.78 is 1.12. The van der Waals surface area contributed by atoms with Gasteiger partial charge in [-0.3, -0.25) is 0 Å². The van der Waals surface area contributed by atoms with Crippen LogP contribution in [0.25, 0.3) is 10.4 Å². The molecule has 0 aliphatic heterocycles. The Bertz CT molecular complexity index is 681. The van der Waals surface area contributed by atoms with Gasteiger partial charge in [-0.15, -0.1) is 22.7 Å². The lowest BCUT2D eigenvalue weighted by Crippen LogP contribution is -1.97. The molecule has 0 unspecified atom stereocenters. The Labute approximate surface area is 135 Å². The normalized spacial score (nSPS) is 10.7. The third kappa shape index (κ3) is 3.32. The van der Waals surface area contributed by atoms with Gasteiger partial charge in [-0.2, -0.15) is 0 Å². The van der Waals surface area contributed by atoms with Gasteiger partial charge >= 0.3 is 0 Å². The van der Waals surface area contributed by atoms with Crippen molar-refractivity contribution in [1.29, 1.82) is 0 Å². The number of hydrogen-bond donors (Lipinski definition) is 1. The zero-order chi connectivity index (χ0) is 13.9. The van der Waals surface area contributed by atoms with E-state index in [1.807, 2.05) is 11.3 Å². The molecule has 3 aromatic rings. The van der Waals surface area contributed by atoms with Crippen LogP contribution < -0.4 is 5.32 Å². The summed E-state index contributed by atoms with van der Waals surface area (Å²) in [7, 11) is 0. The van der Waals surface area contributed by atoms with E-state index in [-0.39, 0.29) is 0 Å². The topological polar surface area (TPSA) is 12.0 Å². The van der Waals surface area contributed by atoms with Gasteiger partial charge in [-0.05, 0) is 53.6 Å². The van der Waals surface area contributed by atoms with Gasteiger partial charge in [0.15, 0.2) is 0 Å². The van der Waals surface area contributed by atoms with Crippen molar-refractivity contribution in [3.63, 3.8) is 0 Å². The van der Waals surface area contributed by atoms with Crippen molar-refractivity contribution >= 4 is 44.3 Å². The molecule has 1 nitrogen and oxygen atoms in total. The van der Waals surface area contributed by atoms with Crippen LogP contribution in [0, 0.1) is 6.92 Å². The molecule has 2 aromatic heterocycles. The minimum atomic E-state index is 0.867. The molecule has 1 N–H and O–H groups in total. The van der Waals surface area contributed by atoms with Gasteiger partial charge in [0, 0.05) is 32.0 Å². The quantitative estimate of drug-likeness (QED) is 0.585. The standard InChI is InChI=1S/C16H14BrNS2/c1-11-5-13(17)8-14(6-11)18-9-15-7-12(10-20-15)16-3-2-4-19-16/h2-8,10,18H,9H2,1H3. The number of nitrogens with one attached hydrogen (secondary N) is 1. The van der Waals surface area contributed by atoms with Crippen LogP contribution in [0.3, 0.4) is 0 Å². The fourth-order valence-corrected chi connectivity index (χ4v) is 4.29. The summed E-state index contributed by atoms with van der Waals surface area (Å²) in [6, 6.07) is 12.9. The minimum absolute atomic E-state index is 0.867. The third-order valence-electron chi connectivity index (χ3n) is 2.97. The van der Waals surface area contributed by atoms with Crippen LogP contribution in [0.4, 0.5) is 5.69 Å². The molecule has 0 amide bonds. The van der Waals surface area contributed by atoms with Crippen molar-refractivity contribution in [3.8, 4) is 10.4 Å². The van der Waals surface area contributed by atoms with Crippen LogP contribution in [0.15, 0.2) is 51.6 Å². The molecule has 0 saturated heterocycles. The Morgan fingerprint density at radius 1 is 1.15 bits per heavy atom. The Morgan fingerprint density at radius 2 is 2.05 bits per heavy atom. The van der Waals surface area contributed by atoms with Crippen molar-refractivity contribution in [1.82, 2.24) is 0 Å². The van der Waals surface area contributed by atoms with E-state index in [0.717, 1.165) is 16.7 Å². The molecule has 0 spiro atoms. The van der Waals surface area contributed by atoms with E-state index in [2.05, 4.69) is 75.3 Å². The lowest BCUT2D eigenvalue weighted by atomic mass is 10.2. The smallest absolute Gasteiger partial charge is 0.0494 e. The molecule has 1 aromatic carbocycles. The molecule has 4 heteroatoms. The largest absolute Gasteiger partial charge is 0.380 e. The molecule has 0 fully saturated rings. The molecule has 20 heavy (non-hydrogen) atoms. The Morgan fingerprint density at radius 3 is 2.80 bits per heavy atom. The van der Waals surface area contributed by atoms with Crippen LogP contribution in [0.1, 0.15) is 10.4 Å². The van der Waals surface area contributed by atoms with E-state index in [1.165, 1.54) is 20.9 Å². The van der Waals surface area contributed by atoms with Crippen molar-refractivity contribution in [2.75, 3.05) is 5.32 Å². The predicted octanol–water partition coefficient (Wildman–Crippen LogP) is 6.16. The lowest BCUT2D eigenvalue weighted by molar-refractivity contribution is 1.19. The highest BCUT2D eigenvalue weighted by Crippen LogP contribution is 2.29. The Kier molecular flexibility index (Phi) is 4.24. The maximum absolute atomic E-state index is 3.53. The first-order valence-electron chi connectivity index (χ1n) is 6.33. The van der Waals surface area contributed by atoms with Gasteiger partial charge in [0.2, 0.25) is 0 Å². The fourth-order valence-electron chi connectivity index (χ4n) is 2.07. The SMILES string of the molecule is Cc1cc(Br)cc(NCc2cc(-c3cccs3)cs2)c1. The number of hydrogen-bond acceptors (Lipinski definition) is 3. The molecule has 0 aliphatic carbocycles. The Balaban J connectivity index is 1.69. The molecule has 0 aliphatic rings. The molecule has 2 heterocycles. The van der Waals surface area contributed by atoms with Crippen LogP contribution in [0.2, 0.25) is 0 Å². The summed E-state index contributed by atoms with van der Waals surface area (Å²) in [6.07, 6.45) is 0. The number of rotatable bonds is 4. The van der Waals surface area contributed by atoms with Crippen LogP contribution in [0.5, 0.6) is 0 Å². The third-order valence-corrected chi connectivity index (χ3v) is 5.28. The molecule has 0 atom stereocenters. The number of benzene rings is 1. The van der Waals surface area contributed by atoms with Crippen molar-refractivity contribution in [2.24, 2.45) is 0 Å². The van der Waals surface area contributed by atoms with Gasteiger partial charge in [0.1, 0.15) is 0 Å². The van der Waals surface area contributed by atoms with E-state index in [4.69, 9.17) is 0 Å². The van der Waals surface area contributed by atoms with Crippen LogP contribution in [-0.2, 0) is 6.54 Å². The summed E-state index contributed by atoms with van der Waals surface area (Å²) >= 11 is 7.13. The average molecular weight is 364 g/mol. The summed E-state index contributed by atoms with van der Waals surface area (Å²) in [5.41, 5.74) is 3.74. The monoisotopic (exact) mass is 363 g/mol. The van der Waals surface area contributed by atoms with E-state index in [1.54, 1.807) is 11.3 Å². The maximum Gasteiger partial charge on any atom is 0.0494 e. The Hall–Kier alpha value is -1.10. The van der Waals surface area contributed by atoms with Gasteiger partial charge < -0.3 is 5.32 Å². The highest BCUT2D eigenvalue weighted by atomic mass is 79.9. The van der Waals surface area contributed by atoms with E-state index < -0.39 is 0 Å². The first-order chi connectivity index (χ1) is 9.70. The lowest BCUT2D eigenvalue weighted by Gasteiger charge is -2.06. The molecule has 0 radical (unpaired) electrons. The first-order valence-corrected chi connectivity index (χ1v) is 8.88. The van der Waals surface area contributed by atoms with Crippen LogP contribution in [-0.4, -0.2) is 0 Å². The highest BCUT2D eigenvalue weighted by molar-refractivity contribution is 9.10. The second-order valence-corrected chi connectivity index (χ2v) is 7.51. The maximum atomic E-state index is 3.53. The summed E-state index contributed by atoms with van der Waals surface area (Å²) in [4.78, 5) is 2.69. The van der Waals surface area contributed by atoms with Gasteiger partial charge in [-0.1, -0.05) is 22.0 Å². The predicted molar refractivity (Wildman–Crippen MR) is 93.8 cm³/mol. The summed E-state index contributed by atoms with van der Waals surface area (Å²) in [6.45, 7) is 2.97. The van der Waals surface area contributed by atoms with Crippen LogP contribution >= 0.6 is 38.6 Å². The van der Waals surface area contributed by atoms with Gasteiger partial charge in [0.25, 0.3) is 0 Å². The number of anilines is 1. The molecule has 0 bridgehead atoms. The fraction of sp³-hybridized carbons (Fsp3) is 0.125. The summed E-state index contributed by atoms with van der Waals surface area (Å²) in [5.74, 6) is 0. The molecular formula is C16H14BrNS2. The minimum Gasteiger partial charge on any atom is -0.380 e. The number of aryl methyl sites for hydroxylation is 1. The zero-order valence-corrected chi connectivity index (χ0v) is 14.2. The van der Waals surface area contributed by atoms with Gasteiger partial charge in [-0.25, -0.2) is 0 Å². The molecule has 102 valence electrons. The van der Waals surface area contributed by atoms with E-state index >= 15 is 0 Å². The van der Waals surface area contributed by atoms with E-state index in [9.17, 15) is 0 Å². The number of halogens is 1.